The minimum absolute atomic E-state index is 0.114. The van der Waals surface area contributed by atoms with Crippen LogP contribution in [0.2, 0.25) is 0 Å². The van der Waals surface area contributed by atoms with E-state index in [1.807, 2.05) is 18.2 Å². The van der Waals surface area contributed by atoms with E-state index in [-0.39, 0.29) is 24.6 Å². The largest absolute Gasteiger partial charge is 0.496 e. The summed E-state index contributed by atoms with van der Waals surface area (Å²) in [5.41, 5.74) is 1.52. The molecule has 0 bridgehead atoms. The number of carbonyl (C=O) groups excluding carboxylic acids is 3. The number of amides is 2. The number of esters is 1. The highest BCUT2D eigenvalue weighted by Crippen LogP contribution is 2.28. The number of hydrogen-bond acceptors (Lipinski definition) is 6. The van der Waals surface area contributed by atoms with Crippen molar-refractivity contribution in [2.45, 2.75) is 6.54 Å². The lowest BCUT2D eigenvalue weighted by atomic mass is 10.1. The van der Waals surface area contributed by atoms with E-state index in [4.69, 9.17) is 14.2 Å². The zero-order chi connectivity index (χ0) is 19.2. The maximum Gasteiger partial charge on any atom is 0.338 e. The van der Waals surface area contributed by atoms with E-state index in [0.29, 0.717) is 17.2 Å². The van der Waals surface area contributed by atoms with Crippen molar-refractivity contribution >= 4 is 23.5 Å². The van der Waals surface area contributed by atoms with Gasteiger partial charge in [-0.25, -0.2) is 4.79 Å². The zero-order valence-electron chi connectivity index (χ0n) is 14.6. The minimum Gasteiger partial charge on any atom is -0.496 e. The van der Waals surface area contributed by atoms with Crippen LogP contribution in [0.25, 0.3) is 0 Å². The number of fused-ring (bicyclic) bond motifs is 1. The molecular weight excluding hydrogens is 352 g/mol. The molecule has 1 aliphatic rings. The van der Waals surface area contributed by atoms with Gasteiger partial charge in [-0.3, -0.25) is 9.59 Å². The number of rotatable bonds is 6. The van der Waals surface area contributed by atoms with E-state index in [9.17, 15) is 14.4 Å². The van der Waals surface area contributed by atoms with Crippen LogP contribution in [0, 0.1) is 0 Å². The maximum atomic E-state index is 12.1. The van der Waals surface area contributed by atoms with E-state index in [1.165, 1.54) is 12.1 Å². The molecule has 1 heterocycles. The highest BCUT2D eigenvalue weighted by molar-refractivity contribution is 5.97. The molecule has 1 aliphatic heterocycles. The minimum atomic E-state index is -0.661. The van der Waals surface area contributed by atoms with Gasteiger partial charge in [0.05, 0.1) is 18.4 Å². The fourth-order valence-corrected chi connectivity index (χ4v) is 2.51. The second-order valence-corrected chi connectivity index (χ2v) is 5.71. The van der Waals surface area contributed by atoms with Gasteiger partial charge < -0.3 is 24.8 Å². The van der Waals surface area contributed by atoms with E-state index >= 15 is 0 Å². The predicted molar refractivity (Wildman–Crippen MR) is 95.7 cm³/mol. The van der Waals surface area contributed by atoms with Gasteiger partial charge in [0.2, 0.25) is 0 Å². The summed E-state index contributed by atoms with van der Waals surface area (Å²) in [4.78, 5) is 35.3. The summed E-state index contributed by atoms with van der Waals surface area (Å²) < 4.78 is 15.5. The monoisotopic (exact) mass is 370 g/mol. The van der Waals surface area contributed by atoms with Crippen LogP contribution in [-0.2, 0) is 20.9 Å². The first-order valence-corrected chi connectivity index (χ1v) is 8.19. The third-order valence-corrected chi connectivity index (χ3v) is 3.85. The van der Waals surface area contributed by atoms with Crippen molar-refractivity contribution in [2.24, 2.45) is 0 Å². The smallest absolute Gasteiger partial charge is 0.338 e. The molecule has 0 unspecified atom stereocenters. The molecule has 0 spiro atoms. The lowest BCUT2D eigenvalue weighted by Gasteiger charge is -2.18. The molecule has 2 N–H and O–H groups in total. The van der Waals surface area contributed by atoms with Crippen LogP contribution in [-0.4, -0.2) is 38.1 Å². The number of carbonyl (C=O) groups is 3. The van der Waals surface area contributed by atoms with Gasteiger partial charge in [0, 0.05) is 12.1 Å². The first-order chi connectivity index (χ1) is 13.1. The summed E-state index contributed by atoms with van der Waals surface area (Å²) in [5, 5.41) is 5.29. The lowest BCUT2D eigenvalue weighted by molar-refractivity contribution is -0.124. The van der Waals surface area contributed by atoms with Crippen molar-refractivity contribution in [3.8, 4) is 11.5 Å². The topological polar surface area (TPSA) is 103 Å². The SMILES string of the molecule is COc1ccccc1CNC(=O)COC(=O)c1ccc2c(c1)OCC(=O)N2. The molecule has 8 heteroatoms. The van der Waals surface area contributed by atoms with Gasteiger partial charge in [-0.05, 0) is 24.3 Å². The molecular formula is C19H18N2O6. The molecule has 27 heavy (non-hydrogen) atoms. The fourth-order valence-electron chi connectivity index (χ4n) is 2.51. The molecule has 3 rings (SSSR count). The Labute approximate surface area is 155 Å². The van der Waals surface area contributed by atoms with Crippen LogP contribution in [0.3, 0.4) is 0 Å². The van der Waals surface area contributed by atoms with Crippen LogP contribution in [0.15, 0.2) is 42.5 Å². The van der Waals surface area contributed by atoms with E-state index in [0.717, 1.165) is 5.56 Å². The Hall–Kier alpha value is -3.55. The molecule has 2 aromatic rings. The van der Waals surface area contributed by atoms with Crippen LogP contribution in [0.4, 0.5) is 5.69 Å². The number of anilines is 1. The lowest BCUT2D eigenvalue weighted by Crippen LogP contribution is -2.28. The quantitative estimate of drug-likeness (QED) is 0.747. The summed E-state index contributed by atoms with van der Waals surface area (Å²) in [6, 6.07) is 11.8. The van der Waals surface area contributed by atoms with Crippen molar-refractivity contribution in [3.63, 3.8) is 0 Å². The van der Waals surface area contributed by atoms with Crippen molar-refractivity contribution in [3.05, 3.63) is 53.6 Å². The van der Waals surface area contributed by atoms with E-state index < -0.39 is 18.5 Å². The summed E-state index contributed by atoms with van der Waals surface area (Å²) in [6.45, 7) is -0.272. The van der Waals surface area contributed by atoms with E-state index in [2.05, 4.69) is 10.6 Å². The standard InChI is InChI=1S/C19H18N2O6/c1-25-15-5-3-2-4-13(15)9-20-17(22)10-27-19(24)12-6-7-14-16(8-12)26-11-18(23)21-14/h2-8H,9-11H2,1H3,(H,20,22)(H,21,23). The van der Waals surface area contributed by atoms with Crippen molar-refractivity contribution in [1.29, 1.82) is 0 Å². The molecule has 0 aliphatic carbocycles. The third-order valence-electron chi connectivity index (χ3n) is 3.85. The molecule has 0 aromatic heterocycles. The van der Waals surface area contributed by atoms with Gasteiger partial charge in [-0.15, -0.1) is 0 Å². The maximum absolute atomic E-state index is 12.1. The Balaban J connectivity index is 1.51. The summed E-state index contributed by atoms with van der Waals surface area (Å²) in [7, 11) is 1.55. The van der Waals surface area contributed by atoms with Gasteiger partial charge in [0.15, 0.2) is 13.2 Å². The number of hydrogen-bond donors (Lipinski definition) is 2. The molecule has 140 valence electrons. The Morgan fingerprint density at radius 3 is 2.85 bits per heavy atom. The predicted octanol–water partition coefficient (Wildman–Crippen LogP) is 1.50. The zero-order valence-corrected chi connectivity index (χ0v) is 14.6. The average Bonchev–Trinajstić information content (AvgIpc) is 2.70. The number of para-hydroxylation sites is 1. The normalized spacial score (nSPS) is 12.3. The second-order valence-electron chi connectivity index (χ2n) is 5.71. The third kappa shape index (κ3) is 4.55. The van der Waals surface area contributed by atoms with Gasteiger partial charge >= 0.3 is 5.97 Å². The van der Waals surface area contributed by atoms with Crippen LogP contribution in [0.5, 0.6) is 11.5 Å². The molecule has 0 saturated carbocycles. The average molecular weight is 370 g/mol. The highest BCUT2D eigenvalue weighted by Gasteiger charge is 2.19. The first kappa shape index (κ1) is 18.2. The molecule has 0 saturated heterocycles. The summed E-state index contributed by atoms with van der Waals surface area (Å²) >= 11 is 0. The van der Waals surface area contributed by atoms with Gasteiger partial charge in [0.25, 0.3) is 11.8 Å². The van der Waals surface area contributed by atoms with E-state index in [1.54, 1.807) is 19.2 Å². The molecule has 8 nitrogen and oxygen atoms in total. The second kappa shape index (κ2) is 8.22. The van der Waals surface area contributed by atoms with Crippen LogP contribution < -0.4 is 20.1 Å². The van der Waals surface area contributed by atoms with Crippen molar-refractivity contribution in [2.75, 3.05) is 25.6 Å². The van der Waals surface area contributed by atoms with Gasteiger partial charge in [0.1, 0.15) is 11.5 Å². The molecule has 2 aromatic carbocycles. The van der Waals surface area contributed by atoms with Gasteiger partial charge in [-0.2, -0.15) is 0 Å². The first-order valence-electron chi connectivity index (χ1n) is 8.19. The Bertz CT molecular complexity index is 880. The number of nitrogens with one attached hydrogen (secondary N) is 2. The number of ether oxygens (including phenoxy) is 3. The fraction of sp³-hybridized carbons (Fsp3) is 0.211. The molecule has 0 radical (unpaired) electrons. The van der Waals surface area contributed by atoms with Crippen molar-refractivity contribution in [1.82, 2.24) is 5.32 Å². The number of methoxy groups -OCH3 is 1. The van der Waals surface area contributed by atoms with Crippen LogP contribution >= 0.6 is 0 Å². The Morgan fingerprint density at radius 2 is 2.04 bits per heavy atom. The molecule has 0 atom stereocenters. The highest BCUT2D eigenvalue weighted by atomic mass is 16.5. The number of benzene rings is 2. The van der Waals surface area contributed by atoms with Crippen molar-refractivity contribution < 1.29 is 28.6 Å². The Kier molecular flexibility index (Phi) is 5.55. The molecule has 2 amide bonds. The Morgan fingerprint density at radius 1 is 1.22 bits per heavy atom. The summed E-state index contributed by atoms with van der Waals surface area (Å²) in [6.07, 6.45) is 0. The van der Waals surface area contributed by atoms with Crippen LogP contribution in [0.1, 0.15) is 15.9 Å². The molecule has 0 fully saturated rings. The van der Waals surface area contributed by atoms with Gasteiger partial charge in [-0.1, -0.05) is 18.2 Å². The summed E-state index contributed by atoms with van der Waals surface area (Å²) in [5.74, 6) is -0.313.